The van der Waals surface area contributed by atoms with Crippen molar-refractivity contribution in [3.05, 3.63) is 20.3 Å². The topological polar surface area (TPSA) is 12.0 Å². The lowest BCUT2D eigenvalue weighted by Gasteiger charge is -2.38. The van der Waals surface area contributed by atoms with Crippen molar-refractivity contribution < 1.29 is 0 Å². The predicted octanol–water partition coefficient (Wildman–Crippen LogP) is 6.09. The fourth-order valence-corrected chi connectivity index (χ4v) is 5.21. The first-order valence-electron chi connectivity index (χ1n) is 8.61. The zero-order chi connectivity index (χ0) is 15.1. The molecule has 1 aliphatic rings. The summed E-state index contributed by atoms with van der Waals surface area (Å²) in [7, 11) is 0. The maximum Gasteiger partial charge on any atom is 0.0314 e. The fraction of sp³-hybridized carbons (Fsp3) is 0.778. The van der Waals surface area contributed by atoms with Crippen LogP contribution < -0.4 is 5.32 Å². The van der Waals surface area contributed by atoms with Gasteiger partial charge in [-0.1, -0.05) is 26.2 Å². The molecule has 21 heavy (non-hydrogen) atoms. The minimum absolute atomic E-state index is 0.614. The molecule has 0 spiro atoms. The Labute approximate surface area is 143 Å². The summed E-state index contributed by atoms with van der Waals surface area (Å²) in [5, 5.41) is 3.61. The van der Waals surface area contributed by atoms with Gasteiger partial charge in [-0.25, -0.2) is 0 Å². The second-order valence-corrected chi connectivity index (χ2v) is 8.87. The highest BCUT2D eigenvalue weighted by Gasteiger charge is 2.31. The number of rotatable bonds is 8. The van der Waals surface area contributed by atoms with Crippen LogP contribution >= 0.6 is 27.3 Å². The normalized spacial score (nSPS) is 18.0. The standard InChI is InChI=1S/C18H30BrNS/c1-3-12-20-13-11-18(8-5-4-6-9-18)10-7-16-14-17(19)15(2)21-16/h14,20H,3-13H2,1-2H3. The lowest BCUT2D eigenvalue weighted by Crippen LogP contribution is -2.30. The average Bonchev–Trinajstić information content (AvgIpc) is 2.82. The van der Waals surface area contributed by atoms with E-state index in [1.807, 2.05) is 11.3 Å². The van der Waals surface area contributed by atoms with Crippen molar-refractivity contribution in [2.75, 3.05) is 13.1 Å². The summed E-state index contributed by atoms with van der Waals surface area (Å²) in [5.41, 5.74) is 0.614. The average molecular weight is 372 g/mol. The minimum Gasteiger partial charge on any atom is -0.317 e. The molecule has 1 N–H and O–H groups in total. The zero-order valence-corrected chi connectivity index (χ0v) is 16.0. The summed E-state index contributed by atoms with van der Waals surface area (Å²) in [5.74, 6) is 0. The quantitative estimate of drug-likeness (QED) is 0.544. The van der Waals surface area contributed by atoms with Crippen molar-refractivity contribution in [1.29, 1.82) is 0 Å². The summed E-state index contributed by atoms with van der Waals surface area (Å²) in [4.78, 5) is 2.98. The molecule has 1 aromatic heterocycles. The first-order chi connectivity index (χ1) is 10.2. The first kappa shape index (κ1) is 17.5. The molecule has 1 aliphatic carbocycles. The Kier molecular flexibility index (Phi) is 7.24. The summed E-state index contributed by atoms with van der Waals surface area (Å²) >= 11 is 5.63. The summed E-state index contributed by atoms with van der Waals surface area (Å²) in [6.45, 7) is 6.85. The molecule has 0 bridgehead atoms. The third-order valence-corrected chi connectivity index (χ3v) is 7.18. The molecule has 0 unspecified atom stereocenters. The number of hydrogen-bond donors (Lipinski definition) is 1. The molecule has 0 aromatic carbocycles. The molecule has 120 valence electrons. The molecule has 1 saturated carbocycles. The van der Waals surface area contributed by atoms with E-state index in [2.05, 4.69) is 41.2 Å². The van der Waals surface area contributed by atoms with E-state index in [0.29, 0.717) is 5.41 Å². The molecular weight excluding hydrogens is 342 g/mol. The van der Waals surface area contributed by atoms with Crippen LogP contribution in [0.4, 0.5) is 0 Å². The van der Waals surface area contributed by atoms with Crippen LogP contribution in [0.1, 0.15) is 68.0 Å². The van der Waals surface area contributed by atoms with Crippen molar-refractivity contribution in [2.45, 2.75) is 71.6 Å². The van der Waals surface area contributed by atoms with Gasteiger partial charge in [-0.15, -0.1) is 11.3 Å². The Balaban J connectivity index is 1.89. The molecule has 0 atom stereocenters. The van der Waals surface area contributed by atoms with E-state index < -0.39 is 0 Å². The number of thiophene rings is 1. The molecule has 0 amide bonds. The summed E-state index contributed by atoms with van der Waals surface area (Å²) in [6.07, 6.45) is 12.5. The Morgan fingerprint density at radius 2 is 1.95 bits per heavy atom. The van der Waals surface area contributed by atoms with Crippen LogP contribution in [-0.2, 0) is 6.42 Å². The van der Waals surface area contributed by atoms with Gasteiger partial charge in [-0.05, 0) is 85.9 Å². The van der Waals surface area contributed by atoms with Gasteiger partial charge < -0.3 is 5.32 Å². The van der Waals surface area contributed by atoms with E-state index in [4.69, 9.17) is 0 Å². The smallest absolute Gasteiger partial charge is 0.0314 e. The van der Waals surface area contributed by atoms with Gasteiger partial charge in [-0.3, -0.25) is 0 Å². The Bertz CT molecular complexity index is 401. The molecule has 0 aliphatic heterocycles. The number of halogens is 1. The molecule has 2 rings (SSSR count). The Morgan fingerprint density at radius 1 is 1.19 bits per heavy atom. The van der Waals surface area contributed by atoms with Crippen molar-refractivity contribution >= 4 is 27.3 Å². The lowest BCUT2D eigenvalue weighted by molar-refractivity contribution is 0.157. The Hall–Kier alpha value is 0.140. The second kappa shape index (κ2) is 8.69. The summed E-state index contributed by atoms with van der Waals surface area (Å²) in [6, 6.07) is 2.34. The van der Waals surface area contributed by atoms with Crippen LogP contribution in [0.25, 0.3) is 0 Å². The first-order valence-corrected chi connectivity index (χ1v) is 10.2. The molecule has 1 aromatic rings. The van der Waals surface area contributed by atoms with Gasteiger partial charge in [0.05, 0.1) is 0 Å². The lowest BCUT2D eigenvalue weighted by atomic mass is 9.69. The van der Waals surface area contributed by atoms with Crippen molar-refractivity contribution in [2.24, 2.45) is 5.41 Å². The molecule has 1 nitrogen and oxygen atoms in total. The van der Waals surface area contributed by atoms with Gasteiger partial charge >= 0.3 is 0 Å². The van der Waals surface area contributed by atoms with E-state index in [-0.39, 0.29) is 0 Å². The fourth-order valence-electron chi connectivity index (χ4n) is 3.61. The highest BCUT2D eigenvalue weighted by molar-refractivity contribution is 9.10. The van der Waals surface area contributed by atoms with Crippen LogP contribution in [0.2, 0.25) is 0 Å². The number of aryl methyl sites for hydroxylation is 2. The van der Waals surface area contributed by atoms with E-state index >= 15 is 0 Å². The monoisotopic (exact) mass is 371 g/mol. The highest BCUT2D eigenvalue weighted by Crippen LogP contribution is 2.43. The number of hydrogen-bond acceptors (Lipinski definition) is 2. The van der Waals surface area contributed by atoms with Crippen LogP contribution in [0.15, 0.2) is 10.5 Å². The van der Waals surface area contributed by atoms with Gasteiger partial charge in [-0.2, -0.15) is 0 Å². The van der Waals surface area contributed by atoms with Crippen LogP contribution in [0.3, 0.4) is 0 Å². The third kappa shape index (κ3) is 5.37. The SMILES string of the molecule is CCCNCCC1(CCc2cc(Br)c(C)s2)CCCCC1. The largest absolute Gasteiger partial charge is 0.317 e. The van der Waals surface area contributed by atoms with Gasteiger partial charge in [0.25, 0.3) is 0 Å². The van der Waals surface area contributed by atoms with Crippen molar-refractivity contribution in [3.63, 3.8) is 0 Å². The van der Waals surface area contributed by atoms with Gasteiger partial charge in [0.2, 0.25) is 0 Å². The Morgan fingerprint density at radius 3 is 2.57 bits per heavy atom. The third-order valence-electron chi connectivity index (χ3n) is 4.98. The van der Waals surface area contributed by atoms with Gasteiger partial charge in [0.15, 0.2) is 0 Å². The highest BCUT2D eigenvalue weighted by atomic mass is 79.9. The maximum atomic E-state index is 3.66. The predicted molar refractivity (Wildman–Crippen MR) is 98.4 cm³/mol. The summed E-state index contributed by atoms with van der Waals surface area (Å²) < 4.78 is 1.30. The zero-order valence-electron chi connectivity index (χ0n) is 13.6. The molecule has 0 radical (unpaired) electrons. The van der Waals surface area contributed by atoms with E-state index in [9.17, 15) is 0 Å². The molecule has 0 saturated heterocycles. The molecular formula is C18H30BrNS. The molecule has 1 heterocycles. The second-order valence-electron chi connectivity index (χ2n) is 6.68. The van der Waals surface area contributed by atoms with E-state index in [0.717, 1.165) is 0 Å². The molecule has 3 heteroatoms. The van der Waals surface area contributed by atoms with Crippen LogP contribution in [-0.4, -0.2) is 13.1 Å². The van der Waals surface area contributed by atoms with Crippen molar-refractivity contribution in [3.8, 4) is 0 Å². The van der Waals surface area contributed by atoms with Gasteiger partial charge in [0, 0.05) is 14.2 Å². The maximum absolute atomic E-state index is 3.66. The minimum atomic E-state index is 0.614. The van der Waals surface area contributed by atoms with Crippen LogP contribution in [0, 0.1) is 12.3 Å². The molecule has 1 fully saturated rings. The van der Waals surface area contributed by atoms with Gasteiger partial charge in [0.1, 0.15) is 0 Å². The van der Waals surface area contributed by atoms with E-state index in [1.165, 1.54) is 80.2 Å². The van der Waals surface area contributed by atoms with Crippen molar-refractivity contribution in [1.82, 2.24) is 5.32 Å². The van der Waals surface area contributed by atoms with E-state index in [1.54, 1.807) is 4.88 Å². The number of nitrogens with one attached hydrogen (secondary N) is 1. The van der Waals surface area contributed by atoms with Crippen LogP contribution in [0.5, 0.6) is 0 Å².